The number of benzene rings is 2. The summed E-state index contributed by atoms with van der Waals surface area (Å²) < 4.78 is 20.0. The molecule has 0 saturated carbocycles. The molecule has 5 heteroatoms. The van der Waals surface area contributed by atoms with Gasteiger partial charge >= 0.3 is 0 Å². The van der Waals surface area contributed by atoms with E-state index >= 15 is 0 Å². The third-order valence-electron chi connectivity index (χ3n) is 2.97. The Kier molecular flexibility index (Phi) is 4.03. The van der Waals surface area contributed by atoms with Crippen molar-refractivity contribution < 1.29 is 13.9 Å². The monoisotopic (exact) mass is 364 g/mol. The number of hydrogen-bond acceptors (Lipinski definition) is 3. The molecule has 0 N–H and O–H groups in total. The van der Waals surface area contributed by atoms with Crippen LogP contribution in [0, 0.1) is 5.82 Å². The standard InChI is InChI=1S/C16H10BrFO2S/c17-15-12-3-1-2-4-14(12)21-16(15)13(19)9-20-11-7-5-10(18)6-8-11/h1-8H,9H2. The summed E-state index contributed by atoms with van der Waals surface area (Å²) in [5.74, 6) is 0.0373. The van der Waals surface area contributed by atoms with Gasteiger partial charge in [-0.25, -0.2) is 4.39 Å². The first-order valence-electron chi connectivity index (χ1n) is 6.24. The highest BCUT2D eigenvalue weighted by Crippen LogP contribution is 2.35. The number of Topliss-reactive ketones (excluding diaryl/α,β-unsaturated/α-hetero) is 1. The minimum atomic E-state index is -0.332. The maximum atomic E-state index is 12.8. The van der Waals surface area contributed by atoms with Crippen LogP contribution in [0.2, 0.25) is 0 Å². The van der Waals surface area contributed by atoms with E-state index in [0.29, 0.717) is 10.6 Å². The average molecular weight is 365 g/mol. The molecular formula is C16H10BrFO2S. The van der Waals surface area contributed by atoms with Crippen LogP contribution in [0.3, 0.4) is 0 Å². The number of fused-ring (bicyclic) bond motifs is 1. The minimum Gasteiger partial charge on any atom is -0.485 e. The molecule has 3 aromatic rings. The van der Waals surface area contributed by atoms with Gasteiger partial charge in [-0.05, 0) is 46.3 Å². The minimum absolute atomic E-state index is 0.0724. The van der Waals surface area contributed by atoms with E-state index in [9.17, 15) is 9.18 Å². The largest absolute Gasteiger partial charge is 0.485 e. The van der Waals surface area contributed by atoms with Gasteiger partial charge in [0.2, 0.25) is 5.78 Å². The molecule has 0 atom stereocenters. The summed E-state index contributed by atoms with van der Waals surface area (Å²) in [6.07, 6.45) is 0. The molecule has 0 spiro atoms. The molecule has 0 amide bonds. The van der Waals surface area contributed by atoms with E-state index < -0.39 is 0 Å². The van der Waals surface area contributed by atoms with E-state index in [4.69, 9.17) is 4.74 Å². The third kappa shape index (κ3) is 2.99. The summed E-state index contributed by atoms with van der Waals surface area (Å²) in [4.78, 5) is 12.9. The Morgan fingerprint density at radius 3 is 2.57 bits per heavy atom. The molecule has 0 unspecified atom stereocenters. The molecule has 2 nitrogen and oxygen atoms in total. The zero-order chi connectivity index (χ0) is 14.8. The molecule has 1 aromatic heterocycles. The van der Waals surface area contributed by atoms with Gasteiger partial charge in [-0.1, -0.05) is 18.2 Å². The van der Waals surface area contributed by atoms with Crippen LogP contribution in [-0.4, -0.2) is 12.4 Å². The van der Waals surface area contributed by atoms with E-state index in [1.165, 1.54) is 35.6 Å². The molecule has 2 aromatic carbocycles. The van der Waals surface area contributed by atoms with Gasteiger partial charge in [0.05, 0.1) is 4.88 Å². The van der Waals surface area contributed by atoms with Crippen molar-refractivity contribution >= 4 is 43.1 Å². The summed E-state index contributed by atoms with van der Waals surface area (Å²) in [5.41, 5.74) is 0. The van der Waals surface area contributed by atoms with Crippen LogP contribution in [0.4, 0.5) is 4.39 Å². The Hall–Kier alpha value is -1.72. The van der Waals surface area contributed by atoms with Crippen molar-refractivity contribution in [1.82, 2.24) is 0 Å². The predicted octanol–water partition coefficient (Wildman–Crippen LogP) is 5.06. The number of ketones is 1. The molecule has 0 fully saturated rings. The lowest BCUT2D eigenvalue weighted by Crippen LogP contribution is -2.10. The lowest BCUT2D eigenvalue weighted by atomic mass is 10.2. The smallest absolute Gasteiger partial charge is 0.211 e. The van der Waals surface area contributed by atoms with Crippen LogP contribution in [-0.2, 0) is 0 Å². The summed E-state index contributed by atoms with van der Waals surface area (Å²) in [6, 6.07) is 13.4. The van der Waals surface area contributed by atoms with Crippen molar-refractivity contribution in [2.24, 2.45) is 0 Å². The molecule has 106 valence electrons. The summed E-state index contributed by atoms with van der Waals surface area (Å²) >= 11 is 4.91. The number of hydrogen-bond donors (Lipinski definition) is 0. The Labute approximate surface area is 133 Å². The van der Waals surface area contributed by atoms with Crippen LogP contribution >= 0.6 is 27.3 Å². The van der Waals surface area contributed by atoms with Crippen molar-refractivity contribution in [3.63, 3.8) is 0 Å². The normalized spacial score (nSPS) is 10.8. The zero-order valence-corrected chi connectivity index (χ0v) is 13.2. The number of carbonyl (C=O) groups excluding carboxylic acids is 1. The first-order valence-corrected chi connectivity index (χ1v) is 7.84. The number of rotatable bonds is 4. The first kappa shape index (κ1) is 14.2. The second-order valence-electron chi connectivity index (χ2n) is 4.41. The number of carbonyl (C=O) groups is 1. The van der Waals surface area contributed by atoms with Crippen molar-refractivity contribution in [3.05, 3.63) is 63.7 Å². The van der Waals surface area contributed by atoms with Crippen LogP contribution in [0.25, 0.3) is 10.1 Å². The molecule has 0 saturated heterocycles. The molecule has 1 heterocycles. The van der Waals surface area contributed by atoms with Gasteiger partial charge in [-0.3, -0.25) is 4.79 Å². The Morgan fingerprint density at radius 1 is 1.14 bits per heavy atom. The van der Waals surface area contributed by atoms with Gasteiger partial charge in [0, 0.05) is 14.6 Å². The molecule has 3 rings (SSSR count). The fourth-order valence-electron chi connectivity index (χ4n) is 1.94. The lowest BCUT2D eigenvalue weighted by Gasteiger charge is -2.04. The quantitative estimate of drug-likeness (QED) is 0.604. The fourth-order valence-corrected chi connectivity index (χ4v) is 3.90. The highest BCUT2D eigenvalue weighted by Gasteiger charge is 2.16. The van der Waals surface area contributed by atoms with E-state index in [2.05, 4.69) is 15.9 Å². The topological polar surface area (TPSA) is 26.3 Å². The molecular weight excluding hydrogens is 355 g/mol. The number of ether oxygens (including phenoxy) is 1. The van der Waals surface area contributed by atoms with Crippen molar-refractivity contribution in [2.45, 2.75) is 0 Å². The number of thiophene rings is 1. The Bertz CT molecular complexity index is 796. The van der Waals surface area contributed by atoms with E-state index in [-0.39, 0.29) is 18.2 Å². The van der Waals surface area contributed by atoms with Gasteiger partial charge in [0.1, 0.15) is 11.6 Å². The van der Waals surface area contributed by atoms with Gasteiger partial charge in [-0.2, -0.15) is 0 Å². The van der Waals surface area contributed by atoms with Crippen molar-refractivity contribution in [3.8, 4) is 5.75 Å². The maximum absolute atomic E-state index is 12.8. The highest BCUT2D eigenvalue weighted by atomic mass is 79.9. The average Bonchev–Trinajstić information content (AvgIpc) is 2.84. The number of halogens is 2. The van der Waals surface area contributed by atoms with Gasteiger partial charge in [0.15, 0.2) is 6.61 Å². The van der Waals surface area contributed by atoms with Crippen LogP contribution in [0.15, 0.2) is 53.0 Å². The predicted molar refractivity (Wildman–Crippen MR) is 85.8 cm³/mol. The second-order valence-corrected chi connectivity index (χ2v) is 6.25. The molecule has 0 bridgehead atoms. The van der Waals surface area contributed by atoms with E-state index in [1.807, 2.05) is 24.3 Å². The van der Waals surface area contributed by atoms with E-state index in [1.54, 1.807) is 0 Å². The van der Waals surface area contributed by atoms with Crippen LogP contribution < -0.4 is 4.74 Å². The lowest BCUT2D eigenvalue weighted by molar-refractivity contribution is 0.0925. The fraction of sp³-hybridized carbons (Fsp3) is 0.0625. The second kappa shape index (κ2) is 5.95. The molecule has 0 aliphatic heterocycles. The van der Waals surface area contributed by atoms with Crippen LogP contribution in [0.1, 0.15) is 9.67 Å². The van der Waals surface area contributed by atoms with Gasteiger partial charge in [0.25, 0.3) is 0 Å². The maximum Gasteiger partial charge on any atom is 0.211 e. The molecule has 0 aliphatic rings. The van der Waals surface area contributed by atoms with Crippen molar-refractivity contribution in [2.75, 3.05) is 6.61 Å². The summed E-state index contributed by atoms with van der Waals surface area (Å²) in [5, 5.41) is 1.02. The summed E-state index contributed by atoms with van der Waals surface area (Å²) in [6.45, 7) is -0.0724. The van der Waals surface area contributed by atoms with Gasteiger partial charge < -0.3 is 4.74 Å². The summed E-state index contributed by atoms with van der Waals surface area (Å²) in [7, 11) is 0. The van der Waals surface area contributed by atoms with Gasteiger partial charge in [-0.15, -0.1) is 11.3 Å². The molecule has 0 aliphatic carbocycles. The first-order chi connectivity index (χ1) is 10.1. The zero-order valence-electron chi connectivity index (χ0n) is 10.8. The third-order valence-corrected chi connectivity index (χ3v) is 5.27. The van der Waals surface area contributed by atoms with E-state index in [0.717, 1.165) is 14.6 Å². The SMILES string of the molecule is O=C(COc1ccc(F)cc1)c1sc2ccccc2c1Br. The Morgan fingerprint density at radius 2 is 1.86 bits per heavy atom. The highest BCUT2D eigenvalue weighted by molar-refractivity contribution is 9.10. The Balaban J connectivity index is 1.78. The molecule has 21 heavy (non-hydrogen) atoms. The van der Waals surface area contributed by atoms with Crippen molar-refractivity contribution in [1.29, 1.82) is 0 Å². The molecule has 0 radical (unpaired) electrons. The van der Waals surface area contributed by atoms with Crippen LogP contribution in [0.5, 0.6) is 5.75 Å².